The third kappa shape index (κ3) is 6.95. The lowest BCUT2D eigenvalue weighted by Crippen LogP contribution is -2.33. The van der Waals surface area contributed by atoms with E-state index in [0.29, 0.717) is 46.2 Å². The van der Waals surface area contributed by atoms with Gasteiger partial charge in [-0.25, -0.2) is 19.9 Å². The number of nitrogens with one attached hydrogen (secondary N) is 3. The standard InChI is InChI=1S/C31H39N7O4S/c1-31(2)15-25-22(17-42-31)21(16-32-8-9-40-12-13-41-11-10-39-3)26-27-28(43-30(26)38-25)29(37-19-36-27)33-7-6-20-4-5-23-24(14-20)35-18-34-23/h4-5,14,18-19,32H,6-13,15-17H2,1-3H3,(H,34,35)(H,33,36,37). The van der Waals surface area contributed by atoms with Gasteiger partial charge in [-0.2, -0.15) is 0 Å². The molecule has 0 spiro atoms. The molecule has 0 radical (unpaired) electrons. The first-order valence-corrected chi connectivity index (χ1v) is 15.6. The van der Waals surface area contributed by atoms with Crippen molar-refractivity contribution in [1.29, 1.82) is 0 Å². The number of pyridine rings is 1. The van der Waals surface area contributed by atoms with Crippen LogP contribution in [0.3, 0.4) is 0 Å². The van der Waals surface area contributed by atoms with Crippen LogP contribution in [0.4, 0.5) is 5.82 Å². The monoisotopic (exact) mass is 605 g/mol. The van der Waals surface area contributed by atoms with Crippen LogP contribution < -0.4 is 10.6 Å². The summed E-state index contributed by atoms with van der Waals surface area (Å²) in [6.07, 6.45) is 4.99. The van der Waals surface area contributed by atoms with Gasteiger partial charge in [0.1, 0.15) is 17.0 Å². The Morgan fingerprint density at radius 2 is 1.91 bits per heavy atom. The summed E-state index contributed by atoms with van der Waals surface area (Å²) >= 11 is 1.65. The van der Waals surface area contributed by atoms with Gasteiger partial charge in [0.15, 0.2) is 0 Å². The highest BCUT2D eigenvalue weighted by molar-refractivity contribution is 7.26. The van der Waals surface area contributed by atoms with Crippen LogP contribution >= 0.6 is 11.3 Å². The number of hydrogen-bond acceptors (Lipinski definition) is 11. The Morgan fingerprint density at radius 3 is 2.79 bits per heavy atom. The number of nitrogens with zero attached hydrogens (tertiary/aromatic N) is 4. The van der Waals surface area contributed by atoms with Crippen LogP contribution in [0, 0.1) is 0 Å². The Morgan fingerprint density at radius 1 is 1.05 bits per heavy atom. The van der Waals surface area contributed by atoms with E-state index in [2.05, 4.69) is 57.6 Å². The molecule has 1 aliphatic heterocycles. The summed E-state index contributed by atoms with van der Waals surface area (Å²) in [5.74, 6) is 0.837. The molecule has 228 valence electrons. The fraction of sp³-hybridized carbons (Fsp3) is 0.484. The summed E-state index contributed by atoms with van der Waals surface area (Å²) in [6.45, 7) is 9.81. The Hall–Kier alpha value is -3.26. The lowest BCUT2D eigenvalue weighted by molar-refractivity contribution is -0.0415. The lowest BCUT2D eigenvalue weighted by atomic mass is 9.92. The zero-order valence-corrected chi connectivity index (χ0v) is 25.8. The van der Waals surface area contributed by atoms with Crippen molar-refractivity contribution >= 4 is 48.6 Å². The van der Waals surface area contributed by atoms with E-state index in [1.807, 2.05) is 0 Å². The minimum Gasteiger partial charge on any atom is -0.382 e. The lowest BCUT2D eigenvalue weighted by Gasteiger charge is -2.32. The summed E-state index contributed by atoms with van der Waals surface area (Å²) in [6, 6.07) is 6.34. The molecule has 5 aromatic rings. The first-order valence-electron chi connectivity index (χ1n) is 14.8. The predicted molar refractivity (Wildman–Crippen MR) is 169 cm³/mol. The zero-order valence-electron chi connectivity index (χ0n) is 25.0. The number of benzene rings is 1. The predicted octanol–water partition coefficient (Wildman–Crippen LogP) is 4.39. The molecule has 6 rings (SSSR count). The van der Waals surface area contributed by atoms with Crippen molar-refractivity contribution < 1.29 is 18.9 Å². The van der Waals surface area contributed by atoms with E-state index in [1.54, 1.807) is 31.1 Å². The molecular formula is C31H39N7O4S. The zero-order chi connectivity index (χ0) is 29.6. The summed E-state index contributed by atoms with van der Waals surface area (Å²) < 4.78 is 23.5. The third-order valence-corrected chi connectivity index (χ3v) is 8.70. The molecule has 4 aromatic heterocycles. The van der Waals surface area contributed by atoms with Gasteiger partial charge >= 0.3 is 0 Å². The van der Waals surface area contributed by atoms with Gasteiger partial charge < -0.3 is 34.6 Å². The number of thiophene rings is 1. The van der Waals surface area contributed by atoms with Gasteiger partial charge in [0, 0.05) is 44.1 Å². The molecule has 11 nitrogen and oxygen atoms in total. The number of fused-ring (bicyclic) bond motifs is 5. The largest absolute Gasteiger partial charge is 0.382 e. The highest BCUT2D eigenvalue weighted by Gasteiger charge is 2.31. The highest BCUT2D eigenvalue weighted by Crippen LogP contribution is 2.41. The van der Waals surface area contributed by atoms with Crippen molar-refractivity contribution in [1.82, 2.24) is 30.2 Å². The minimum atomic E-state index is -0.250. The average molecular weight is 606 g/mol. The second-order valence-corrected chi connectivity index (χ2v) is 12.2. The average Bonchev–Trinajstić information content (AvgIpc) is 3.61. The number of hydrogen-bond donors (Lipinski definition) is 3. The van der Waals surface area contributed by atoms with E-state index in [-0.39, 0.29) is 5.60 Å². The Kier molecular flexibility index (Phi) is 9.41. The maximum Gasteiger partial charge on any atom is 0.147 e. The Labute approximate surface area is 254 Å². The molecule has 0 saturated heterocycles. The van der Waals surface area contributed by atoms with Crippen LogP contribution in [0.5, 0.6) is 0 Å². The number of aromatic nitrogens is 5. The van der Waals surface area contributed by atoms with Crippen molar-refractivity contribution in [3.63, 3.8) is 0 Å². The topological polar surface area (TPSA) is 128 Å². The van der Waals surface area contributed by atoms with Crippen LogP contribution in [0.1, 0.15) is 36.2 Å². The van der Waals surface area contributed by atoms with Gasteiger partial charge in [-0.15, -0.1) is 11.3 Å². The molecule has 0 saturated carbocycles. The smallest absolute Gasteiger partial charge is 0.147 e. The molecule has 3 N–H and O–H groups in total. The van der Waals surface area contributed by atoms with Crippen LogP contribution in [0.2, 0.25) is 0 Å². The number of rotatable bonds is 15. The van der Waals surface area contributed by atoms with Gasteiger partial charge in [-0.3, -0.25) is 0 Å². The third-order valence-electron chi connectivity index (χ3n) is 7.63. The molecule has 0 atom stereocenters. The summed E-state index contributed by atoms with van der Waals surface area (Å²) in [5, 5.41) is 8.22. The molecular weight excluding hydrogens is 566 g/mol. The number of imidazole rings is 1. The maximum atomic E-state index is 6.25. The number of ether oxygens (including phenoxy) is 4. The van der Waals surface area contributed by atoms with Crippen LogP contribution in [0.25, 0.3) is 31.5 Å². The number of anilines is 1. The molecule has 0 fully saturated rings. The minimum absolute atomic E-state index is 0.250. The number of aromatic amines is 1. The van der Waals surface area contributed by atoms with Crippen molar-refractivity contribution in [3.05, 3.63) is 53.2 Å². The Balaban J connectivity index is 1.19. The molecule has 12 heteroatoms. The van der Waals surface area contributed by atoms with Gasteiger partial charge in [-0.05, 0) is 43.5 Å². The number of methoxy groups -OCH3 is 1. The summed E-state index contributed by atoms with van der Waals surface area (Å²) in [5.41, 5.74) is 7.39. The summed E-state index contributed by atoms with van der Waals surface area (Å²) in [7, 11) is 1.67. The molecule has 0 unspecified atom stereocenters. The second kappa shape index (κ2) is 13.6. The normalized spacial score (nSPS) is 14.6. The van der Waals surface area contributed by atoms with Gasteiger partial charge in [0.05, 0.1) is 78.5 Å². The van der Waals surface area contributed by atoms with E-state index in [0.717, 1.165) is 74.5 Å². The molecule has 43 heavy (non-hydrogen) atoms. The van der Waals surface area contributed by atoms with Gasteiger partial charge in [0.2, 0.25) is 0 Å². The number of H-pyrrole nitrogens is 1. The second-order valence-electron chi connectivity index (χ2n) is 11.2. The van der Waals surface area contributed by atoms with Crippen molar-refractivity contribution in [2.45, 2.75) is 45.4 Å². The van der Waals surface area contributed by atoms with Gasteiger partial charge in [-0.1, -0.05) is 6.07 Å². The molecule has 5 heterocycles. The van der Waals surface area contributed by atoms with Crippen LogP contribution in [-0.2, 0) is 44.9 Å². The van der Waals surface area contributed by atoms with Crippen molar-refractivity contribution in [3.8, 4) is 0 Å². The molecule has 0 aliphatic carbocycles. The molecule has 0 amide bonds. The quantitative estimate of drug-likeness (QED) is 0.148. The molecule has 1 aromatic carbocycles. The van der Waals surface area contributed by atoms with Gasteiger partial charge in [0.25, 0.3) is 0 Å². The van der Waals surface area contributed by atoms with E-state index < -0.39 is 0 Å². The fourth-order valence-corrected chi connectivity index (χ4v) is 6.55. The first kappa shape index (κ1) is 29.8. The van der Waals surface area contributed by atoms with Crippen LogP contribution in [-0.4, -0.2) is 83.8 Å². The SMILES string of the molecule is COCCOCCOCCNCc1c2c(nc3sc4c(NCCc5ccc6[nH]cnc6c5)ncnc4c13)CC(C)(C)OC2. The Bertz CT molecular complexity index is 1690. The highest BCUT2D eigenvalue weighted by atomic mass is 32.1. The van der Waals surface area contributed by atoms with Crippen molar-refractivity contribution in [2.24, 2.45) is 0 Å². The maximum absolute atomic E-state index is 6.25. The van der Waals surface area contributed by atoms with Crippen molar-refractivity contribution in [2.75, 3.05) is 58.6 Å². The first-order chi connectivity index (χ1) is 21.0. The van der Waals surface area contributed by atoms with E-state index in [9.17, 15) is 0 Å². The van der Waals surface area contributed by atoms with Crippen LogP contribution in [0.15, 0.2) is 30.9 Å². The fourth-order valence-electron chi connectivity index (χ4n) is 5.40. The van der Waals surface area contributed by atoms with E-state index in [1.165, 1.54) is 11.1 Å². The summed E-state index contributed by atoms with van der Waals surface area (Å²) in [4.78, 5) is 23.0. The van der Waals surface area contributed by atoms with E-state index >= 15 is 0 Å². The molecule has 1 aliphatic rings. The molecule has 0 bridgehead atoms. The van der Waals surface area contributed by atoms with E-state index in [4.69, 9.17) is 28.9 Å².